The molecular weight excluding hydrogens is 300 g/mol. The van der Waals surface area contributed by atoms with Crippen molar-refractivity contribution in [3.05, 3.63) is 12.7 Å². The fraction of sp³-hybridized carbons (Fsp3) is 0.857. The number of hydrogen-bond donors (Lipinski definition) is 1. The highest BCUT2D eigenvalue weighted by Gasteiger charge is 2.28. The molecule has 142 valence electrons. The van der Waals surface area contributed by atoms with Gasteiger partial charge in [-0.25, -0.2) is 4.79 Å². The fourth-order valence-corrected chi connectivity index (χ4v) is 3.03. The molecule has 0 aromatic carbocycles. The molecule has 0 bridgehead atoms. The SMILES string of the molecule is C=CC(=O)OCC(CC)(CO)CCCCCCCCCCCCC. The average molecular weight is 341 g/mol. The molecule has 3 nitrogen and oxygen atoms in total. The zero-order valence-corrected chi connectivity index (χ0v) is 16.2. The lowest BCUT2D eigenvalue weighted by atomic mass is 9.81. The van der Waals surface area contributed by atoms with Gasteiger partial charge in [0.25, 0.3) is 0 Å². The molecule has 0 saturated carbocycles. The lowest BCUT2D eigenvalue weighted by Crippen LogP contribution is -2.31. The smallest absolute Gasteiger partial charge is 0.330 e. The monoisotopic (exact) mass is 340 g/mol. The van der Waals surface area contributed by atoms with Crippen LogP contribution in [-0.2, 0) is 9.53 Å². The molecule has 0 amide bonds. The molecule has 1 unspecified atom stereocenters. The number of esters is 1. The molecule has 0 spiro atoms. The predicted octanol–water partition coefficient (Wildman–Crippen LogP) is 5.81. The van der Waals surface area contributed by atoms with Crippen molar-refractivity contribution in [2.45, 2.75) is 97.3 Å². The van der Waals surface area contributed by atoms with Crippen LogP contribution in [0.4, 0.5) is 0 Å². The first-order chi connectivity index (χ1) is 11.6. The quantitative estimate of drug-likeness (QED) is 0.207. The Hall–Kier alpha value is -0.830. The van der Waals surface area contributed by atoms with Crippen LogP contribution in [-0.4, -0.2) is 24.3 Å². The van der Waals surface area contributed by atoms with Crippen LogP contribution >= 0.6 is 0 Å². The van der Waals surface area contributed by atoms with E-state index >= 15 is 0 Å². The van der Waals surface area contributed by atoms with Crippen LogP contribution in [0.3, 0.4) is 0 Å². The molecule has 0 aromatic rings. The van der Waals surface area contributed by atoms with E-state index in [1.165, 1.54) is 70.3 Å². The van der Waals surface area contributed by atoms with Crippen LogP contribution in [0.1, 0.15) is 97.3 Å². The molecule has 0 rings (SSSR count). The van der Waals surface area contributed by atoms with Crippen LogP contribution in [0.15, 0.2) is 12.7 Å². The maximum atomic E-state index is 11.2. The standard InChI is InChI=1S/C21H40O3/c1-4-7-8-9-10-11-12-13-14-15-16-17-21(6-3,18-22)19-24-20(23)5-2/h5,22H,2,4,6-19H2,1,3H3. The van der Waals surface area contributed by atoms with E-state index < -0.39 is 5.97 Å². The van der Waals surface area contributed by atoms with Gasteiger partial charge in [-0.05, 0) is 12.8 Å². The minimum atomic E-state index is -0.403. The summed E-state index contributed by atoms with van der Waals surface area (Å²) in [6.45, 7) is 8.09. The van der Waals surface area contributed by atoms with Gasteiger partial charge < -0.3 is 9.84 Å². The molecule has 0 fully saturated rings. The summed E-state index contributed by atoms with van der Waals surface area (Å²) in [7, 11) is 0. The van der Waals surface area contributed by atoms with E-state index in [2.05, 4.69) is 20.4 Å². The fourth-order valence-electron chi connectivity index (χ4n) is 3.03. The summed E-state index contributed by atoms with van der Waals surface area (Å²) in [5.74, 6) is -0.403. The van der Waals surface area contributed by atoms with Crippen LogP contribution in [0.5, 0.6) is 0 Å². The normalized spacial score (nSPS) is 13.5. The van der Waals surface area contributed by atoms with Gasteiger partial charge in [-0.15, -0.1) is 0 Å². The lowest BCUT2D eigenvalue weighted by molar-refractivity contribution is -0.142. The highest BCUT2D eigenvalue weighted by Crippen LogP contribution is 2.29. The summed E-state index contributed by atoms with van der Waals surface area (Å²) < 4.78 is 5.17. The second kappa shape index (κ2) is 15.7. The minimum Gasteiger partial charge on any atom is -0.462 e. The molecule has 0 aliphatic carbocycles. The molecular formula is C21H40O3. The molecule has 0 aliphatic rings. The van der Waals surface area contributed by atoms with Crippen molar-refractivity contribution in [3.8, 4) is 0 Å². The van der Waals surface area contributed by atoms with Crippen molar-refractivity contribution >= 4 is 5.97 Å². The Bertz CT molecular complexity index is 308. The predicted molar refractivity (Wildman–Crippen MR) is 102 cm³/mol. The van der Waals surface area contributed by atoms with Crippen molar-refractivity contribution < 1.29 is 14.6 Å². The van der Waals surface area contributed by atoms with E-state index in [9.17, 15) is 9.90 Å². The zero-order chi connectivity index (χ0) is 18.1. The van der Waals surface area contributed by atoms with Crippen molar-refractivity contribution in [1.82, 2.24) is 0 Å². The molecule has 24 heavy (non-hydrogen) atoms. The first-order valence-corrected chi connectivity index (χ1v) is 10.0. The second-order valence-corrected chi connectivity index (χ2v) is 7.11. The van der Waals surface area contributed by atoms with E-state index in [0.29, 0.717) is 6.61 Å². The van der Waals surface area contributed by atoms with Gasteiger partial charge >= 0.3 is 5.97 Å². The van der Waals surface area contributed by atoms with E-state index in [0.717, 1.165) is 19.3 Å². The lowest BCUT2D eigenvalue weighted by Gasteiger charge is -2.30. The Kier molecular flexibility index (Phi) is 15.1. The van der Waals surface area contributed by atoms with Crippen molar-refractivity contribution in [2.75, 3.05) is 13.2 Å². The average Bonchev–Trinajstić information content (AvgIpc) is 2.62. The third kappa shape index (κ3) is 11.7. The minimum absolute atomic E-state index is 0.0751. The molecule has 0 aliphatic heterocycles. The highest BCUT2D eigenvalue weighted by atomic mass is 16.5. The zero-order valence-electron chi connectivity index (χ0n) is 16.2. The number of aliphatic hydroxyl groups is 1. The maximum absolute atomic E-state index is 11.2. The van der Waals surface area contributed by atoms with E-state index in [-0.39, 0.29) is 12.0 Å². The summed E-state index contributed by atoms with van der Waals surface area (Å²) in [6.07, 6.45) is 17.4. The summed E-state index contributed by atoms with van der Waals surface area (Å²) in [6, 6.07) is 0. The number of unbranched alkanes of at least 4 members (excludes halogenated alkanes) is 10. The van der Waals surface area contributed by atoms with Gasteiger partial charge in [0, 0.05) is 11.5 Å². The second-order valence-electron chi connectivity index (χ2n) is 7.11. The van der Waals surface area contributed by atoms with Gasteiger partial charge in [0.1, 0.15) is 0 Å². The third-order valence-corrected chi connectivity index (χ3v) is 5.08. The van der Waals surface area contributed by atoms with Crippen LogP contribution in [0.2, 0.25) is 0 Å². The molecule has 0 heterocycles. The summed E-state index contributed by atoms with van der Waals surface area (Å²) >= 11 is 0. The number of rotatable bonds is 17. The number of aliphatic hydroxyl groups excluding tert-OH is 1. The van der Waals surface area contributed by atoms with Gasteiger partial charge in [-0.1, -0.05) is 91.1 Å². The van der Waals surface area contributed by atoms with Gasteiger partial charge in [0.2, 0.25) is 0 Å². The van der Waals surface area contributed by atoms with Crippen molar-refractivity contribution in [2.24, 2.45) is 5.41 Å². The van der Waals surface area contributed by atoms with Crippen LogP contribution in [0, 0.1) is 5.41 Å². The largest absolute Gasteiger partial charge is 0.462 e. The van der Waals surface area contributed by atoms with Crippen LogP contribution in [0.25, 0.3) is 0 Å². The van der Waals surface area contributed by atoms with Crippen molar-refractivity contribution in [1.29, 1.82) is 0 Å². The molecule has 3 heteroatoms. The molecule has 1 atom stereocenters. The Morgan fingerprint density at radius 1 is 0.958 bits per heavy atom. The van der Waals surface area contributed by atoms with Crippen molar-refractivity contribution in [3.63, 3.8) is 0 Å². The van der Waals surface area contributed by atoms with Crippen LogP contribution < -0.4 is 0 Å². The molecule has 0 radical (unpaired) electrons. The number of carbonyl (C=O) groups is 1. The number of ether oxygens (including phenoxy) is 1. The Morgan fingerprint density at radius 2 is 1.46 bits per heavy atom. The van der Waals surface area contributed by atoms with Gasteiger partial charge in [0.05, 0.1) is 13.2 Å². The van der Waals surface area contributed by atoms with Gasteiger partial charge in [-0.3, -0.25) is 0 Å². The summed E-state index contributed by atoms with van der Waals surface area (Å²) in [5.41, 5.74) is -0.280. The summed E-state index contributed by atoms with van der Waals surface area (Å²) in [4.78, 5) is 11.2. The number of carbonyl (C=O) groups excluding carboxylic acids is 1. The first-order valence-electron chi connectivity index (χ1n) is 10.0. The molecule has 0 saturated heterocycles. The van der Waals surface area contributed by atoms with E-state index in [1.54, 1.807) is 0 Å². The summed E-state index contributed by atoms with van der Waals surface area (Å²) in [5, 5.41) is 9.71. The first kappa shape index (κ1) is 23.2. The van der Waals surface area contributed by atoms with E-state index in [1.807, 2.05) is 0 Å². The Morgan fingerprint density at radius 3 is 1.88 bits per heavy atom. The maximum Gasteiger partial charge on any atom is 0.330 e. The molecule has 1 N–H and O–H groups in total. The van der Waals surface area contributed by atoms with E-state index in [4.69, 9.17) is 4.74 Å². The van der Waals surface area contributed by atoms with Gasteiger partial charge in [-0.2, -0.15) is 0 Å². The third-order valence-electron chi connectivity index (χ3n) is 5.08. The number of hydrogen-bond acceptors (Lipinski definition) is 3. The molecule has 0 aromatic heterocycles. The van der Waals surface area contributed by atoms with Gasteiger partial charge in [0.15, 0.2) is 0 Å². The highest BCUT2D eigenvalue weighted by molar-refractivity contribution is 5.81. The Labute approximate surface area is 149 Å². The Balaban J connectivity index is 3.70. The topological polar surface area (TPSA) is 46.5 Å².